The van der Waals surface area contributed by atoms with Crippen LogP contribution in [0.4, 0.5) is 0 Å². The Morgan fingerprint density at radius 2 is 2.00 bits per heavy atom. The molecule has 3 nitrogen and oxygen atoms in total. The van der Waals surface area contributed by atoms with Gasteiger partial charge in [0, 0.05) is 5.88 Å². The van der Waals surface area contributed by atoms with Crippen molar-refractivity contribution < 1.29 is 15.3 Å². The molecule has 1 rings (SSSR count). The van der Waals surface area contributed by atoms with Crippen LogP contribution in [-0.4, -0.2) is 27.3 Å². The summed E-state index contributed by atoms with van der Waals surface area (Å²) in [6.45, 7) is -0.0772. The Bertz CT molecular complexity index is 304. The van der Waals surface area contributed by atoms with Crippen LogP contribution in [0.5, 0.6) is 0 Å². The summed E-state index contributed by atoms with van der Waals surface area (Å²) in [5.41, 5.74) is 1.31. The summed E-state index contributed by atoms with van der Waals surface area (Å²) < 4.78 is 0. The highest BCUT2D eigenvalue weighted by Crippen LogP contribution is 2.20. The third-order valence-corrected chi connectivity index (χ3v) is 2.46. The fourth-order valence-corrected chi connectivity index (χ4v) is 1.59. The molecule has 2 unspecified atom stereocenters. The van der Waals surface area contributed by atoms with Crippen molar-refractivity contribution in [3.63, 3.8) is 0 Å². The van der Waals surface area contributed by atoms with E-state index in [1.807, 2.05) is 0 Å². The van der Waals surface area contributed by atoms with Crippen molar-refractivity contribution in [2.75, 3.05) is 5.88 Å². The first-order valence-electron chi connectivity index (χ1n) is 4.81. The van der Waals surface area contributed by atoms with Gasteiger partial charge in [-0.15, -0.1) is 11.6 Å². The normalized spacial score (nSPS) is 14.9. The molecular weight excluding hydrogens is 216 g/mol. The number of hydrogen-bond donors (Lipinski definition) is 3. The van der Waals surface area contributed by atoms with Crippen LogP contribution in [0.25, 0.3) is 0 Å². The molecule has 1 aromatic carbocycles. The molecule has 0 amide bonds. The van der Waals surface area contributed by atoms with E-state index in [0.717, 1.165) is 0 Å². The molecule has 4 heteroatoms. The number of halogens is 1. The summed E-state index contributed by atoms with van der Waals surface area (Å²) in [6, 6.07) is 6.87. The Labute approximate surface area is 93.9 Å². The van der Waals surface area contributed by atoms with Gasteiger partial charge in [-0.2, -0.15) is 0 Å². The number of hydrogen-bond acceptors (Lipinski definition) is 3. The van der Waals surface area contributed by atoms with Crippen LogP contribution in [0.15, 0.2) is 24.3 Å². The average Bonchev–Trinajstić information content (AvgIpc) is 2.28. The van der Waals surface area contributed by atoms with E-state index in [-0.39, 0.29) is 6.61 Å². The first-order chi connectivity index (χ1) is 7.19. The van der Waals surface area contributed by atoms with E-state index in [0.29, 0.717) is 23.4 Å². The number of aliphatic hydroxyl groups excluding tert-OH is 3. The molecule has 0 spiro atoms. The lowest BCUT2D eigenvalue weighted by Crippen LogP contribution is -2.18. The van der Waals surface area contributed by atoms with Crippen molar-refractivity contribution in [1.29, 1.82) is 0 Å². The SMILES string of the molecule is OCc1cccc(C(O)C(O)CCCl)c1. The zero-order valence-corrected chi connectivity index (χ0v) is 9.06. The molecule has 0 aliphatic rings. The topological polar surface area (TPSA) is 60.7 Å². The second kappa shape index (κ2) is 6.08. The second-order valence-corrected chi connectivity index (χ2v) is 3.77. The van der Waals surface area contributed by atoms with Gasteiger partial charge in [-0.1, -0.05) is 24.3 Å². The lowest BCUT2D eigenvalue weighted by Gasteiger charge is -2.17. The number of benzene rings is 1. The van der Waals surface area contributed by atoms with Gasteiger partial charge in [-0.3, -0.25) is 0 Å². The van der Waals surface area contributed by atoms with Gasteiger partial charge in [0.05, 0.1) is 12.7 Å². The molecule has 0 saturated heterocycles. The lowest BCUT2D eigenvalue weighted by molar-refractivity contribution is 0.0169. The lowest BCUT2D eigenvalue weighted by atomic mass is 10.0. The van der Waals surface area contributed by atoms with Crippen molar-refractivity contribution in [2.45, 2.75) is 25.2 Å². The number of alkyl halides is 1. The van der Waals surface area contributed by atoms with Gasteiger partial charge in [-0.05, 0) is 17.5 Å². The van der Waals surface area contributed by atoms with Crippen molar-refractivity contribution in [3.05, 3.63) is 35.4 Å². The van der Waals surface area contributed by atoms with Crippen LogP contribution >= 0.6 is 11.6 Å². The number of rotatable bonds is 5. The van der Waals surface area contributed by atoms with Gasteiger partial charge in [-0.25, -0.2) is 0 Å². The first-order valence-corrected chi connectivity index (χ1v) is 5.34. The standard InChI is InChI=1S/C11H15ClO3/c12-5-4-10(14)11(15)9-3-1-2-8(6-9)7-13/h1-3,6,10-11,13-15H,4-5,7H2. The molecule has 0 fully saturated rings. The van der Waals surface area contributed by atoms with Gasteiger partial charge < -0.3 is 15.3 Å². The highest BCUT2D eigenvalue weighted by Gasteiger charge is 2.17. The summed E-state index contributed by atoms with van der Waals surface area (Å²) >= 11 is 5.48. The summed E-state index contributed by atoms with van der Waals surface area (Å²) in [5.74, 6) is 0.303. The zero-order valence-electron chi connectivity index (χ0n) is 8.31. The third-order valence-electron chi connectivity index (χ3n) is 2.24. The summed E-state index contributed by atoms with van der Waals surface area (Å²) in [6.07, 6.45) is -1.47. The maximum atomic E-state index is 9.75. The van der Waals surface area contributed by atoms with Crippen LogP contribution in [0.1, 0.15) is 23.7 Å². The fourth-order valence-electron chi connectivity index (χ4n) is 1.37. The maximum absolute atomic E-state index is 9.75. The first kappa shape index (κ1) is 12.5. The van der Waals surface area contributed by atoms with E-state index in [4.69, 9.17) is 16.7 Å². The van der Waals surface area contributed by atoms with Crippen LogP contribution in [0.3, 0.4) is 0 Å². The van der Waals surface area contributed by atoms with Gasteiger partial charge in [0.15, 0.2) is 0 Å². The summed E-state index contributed by atoms with van der Waals surface area (Å²) in [7, 11) is 0. The molecule has 2 atom stereocenters. The van der Waals surface area contributed by atoms with E-state index in [1.54, 1.807) is 24.3 Å². The van der Waals surface area contributed by atoms with E-state index >= 15 is 0 Å². The van der Waals surface area contributed by atoms with Crippen LogP contribution in [0, 0.1) is 0 Å². The van der Waals surface area contributed by atoms with E-state index in [9.17, 15) is 10.2 Å². The van der Waals surface area contributed by atoms with Crippen LogP contribution in [-0.2, 0) is 6.61 Å². The minimum absolute atomic E-state index is 0.0772. The Kier molecular flexibility index (Phi) is 5.05. The predicted octanol–water partition coefficient (Wildman–Crippen LogP) is 1.20. The molecule has 0 aliphatic carbocycles. The summed E-state index contributed by atoms with van der Waals surface area (Å²) in [4.78, 5) is 0. The molecule has 0 aliphatic heterocycles. The van der Waals surface area contributed by atoms with Gasteiger partial charge in [0.1, 0.15) is 6.10 Å². The van der Waals surface area contributed by atoms with E-state index in [1.165, 1.54) is 0 Å². The van der Waals surface area contributed by atoms with Crippen molar-refractivity contribution in [3.8, 4) is 0 Å². The highest BCUT2D eigenvalue weighted by molar-refractivity contribution is 6.17. The molecule has 84 valence electrons. The Hall–Kier alpha value is -0.610. The van der Waals surface area contributed by atoms with Crippen molar-refractivity contribution >= 4 is 11.6 Å². The third kappa shape index (κ3) is 3.47. The Morgan fingerprint density at radius 3 is 2.60 bits per heavy atom. The number of aliphatic hydroxyl groups is 3. The molecule has 0 radical (unpaired) electrons. The van der Waals surface area contributed by atoms with E-state index < -0.39 is 12.2 Å². The molecule has 0 bridgehead atoms. The van der Waals surface area contributed by atoms with Crippen molar-refractivity contribution in [2.24, 2.45) is 0 Å². The fraction of sp³-hybridized carbons (Fsp3) is 0.455. The van der Waals surface area contributed by atoms with Crippen LogP contribution < -0.4 is 0 Å². The predicted molar refractivity (Wildman–Crippen MR) is 58.7 cm³/mol. The largest absolute Gasteiger partial charge is 0.392 e. The zero-order chi connectivity index (χ0) is 11.3. The Balaban J connectivity index is 2.76. The molecule has 15 heavy (non-hydrogen) atoms. The maximum Gasteiger partial charge on any atom is 0.105 e. The minimum Gasteiger partial charge on any atom is -0.392 e. The van der Waals surface area contributed by atoms with Gasteiger partial charge in [0.25, 0.3) is 0 Å². The molecule has 0 saturated carbocycles. The monoisotopic (exact) mass is 230 g/mol. The smallest absolute Gasteiger partial charge is 0.105 e. The molecule has 3 N–H and O–H groups in total. The molecule has 0 aromatic heterocycles. The average molecular weight is 231 g/mol. The minimum atomic E-state index is -0.949. The molecule has 0 heterocycles. The van der Waals surface area contributed by atoms with Crippen molar-refractivity contribution in [1.82, 2.24) is 0 Å². The van der Waals surface area contributed by atoms with E-state index in [2.05, 4.69) is 0 Å². The van der Waals surface area contributed by atoms with Gasteiger partial charge in [0.2, 0.25) is 0 Å². The summed E-state index contributed by atoms with van der Waals surface area (Å²) in [5, 5.41) is 28.2. The molecular formula is C11H15ClO3. The Morgan fingerprint density at radius 1 is 1.27 bits per heavy atom. The quantitative estimate of drug-likeness (QED) is 0.667. The second-order valence-electron chi connectivity index (χ2n) is 3.39. The highest BCUT2D eigenvalue weighted by atomic mass is 35.5. The molecule has 1 aromatic rings. The van der Waals surface area contributed by atoms with Crippen LogP contribution in [0.2, 0.25) is 0 Å². The van der Waals surface area contributed by atoms with Gasteiger partial charge >= 0.3 is 0 Å².